The summed E-state index contributed by atoms with van der Waals surface area (Å²) in [4.78, 5) is 17.4. The number of aryl methyl sites for hydroxylation is 3. The molecule has 0 spiro atoms. The van der Waals surface area contributed by atoms with Gasteiger partial charge in [-0.05, 0) is 74.7 Å². The molecular weight excluding hydrogens is 358 g/mol. The van der Waals surface area contributed by atoms with E-state index >= 15 is 0 Å². The second kappa shape index (κ2) is 7.96. The van der Waals surface area contributed by atoms with E-state index in [0.717, 1.165) is 28.0 Å². The highest BCUT2D eigenvalue weighted by molar-refractivity contribution is 8.00. The number of benzene rings is 2. The average molecular weight is 382 g/mol. The summed E-state index contributed by atoms with van der Waals surface area (Å²) in [5.41, 5.74) is 5.01. The highest BCUT2D eigenvalue weighted by Gasteiger charge is 2.21. The zero-order valence-electron chi connectivity index (χ0n) is 16.2. The van der Waals surface area contributed by atoms with Gasteiger partial charge in [-0.2, -0.15) is 0 Å². The molecule has 0 saturated carbocycles. The summed E-state index contributed by atoms with van der Waals surface area (Å²) in [6, 6.07) is 11.6. The number of aromatic nitrogens is 3. The number of carbonyl (C=O) groups is 1. The van der Waals surface area contributed by atoms with Gasteiger partial charge in [0.15, 0.2) is 11.6 Å². The molecule has 1 atom stereocenters. The van der Waals surface area contributed by atoms with Crippen LogP contribution in [0.1, 0.15) is 34.0 Å². The minimum absolute atomic E-state index is 0.0939. The molecular formula is C21H23N3O2S. The van der Waals surface area contributed by atoms with Crippen LogP contribution in [-0.4, -0.2) is 33.3 Å². The summed E-state index contributed by atoms with van der Waals surface area (Å²) in [5, 5.41) is 7.47. The molecule has 1 heterocycles. The summed E-state index contributed by atoms with van der Waals surface area (Å²) < 4.78 is 5.17. The molecule has 3 rings (SSSR count). The van der Waals surface area contributed by atoms with E-state index in [9.17, 15) is 4.79 Å². The summed E-state index contributed by atoms with van der Waals surface area (Å²) in [7, 11) is 1.63. The molecule has 2 aromatic carbocycles. The first-order valence-corrected chi connectivity index (χ1v) is 9.62. The van der Waals surface area contributed by atoms with E-state index in [4.69, 9.17) is 4.74 Å². The molecule has 0 aliphatic rings. The van der Waals surface area contributed by atoms with Crippen molar-refractivity contribution in [1.82, 2.24) is 15.2 Å². The van der Waals surface area contributed by atoms with Crippen LogP contribution in [-0.2, 0) is 0 Å². The lowest BCUT2D eigenvalue weighted by molar-refractivity contribution is 0.0993. The third-order valence-electron chi connectivity index (χ3n) is 4.59. The molecule has 1 aromatic heterocycles. The van der Waals surface area contributed by atoms with Gasteiger partial charge in [0.05, 0.1) is 12.4 Å². The van der Waals surface area contributed by atoms with Crippen LogP contribution in [0.3, 0.4) is 0 Å². The zero-order chi connectivity index (χ0) is 19.6. The molecule has 0 amide bonds. The molecule has 0 radical (unpaired) electrons. The molecule has 140 valence electrons. The second-order valence-corrected chi connectivity index (χ2v) is 7.88. The Labute approximate surface area is 163 Å². The highest BCUT2D eigenvalue weighted by Crippen LogP contribution is 2.27. The molecule has 5 nitrogen and oxygen atoms in total. The van der Waals surface area contributed by atoms with Gasteiger partial charge in [-0.15, -0.1) is 5.10 Å². The Morgan fingerprint density at radius 2 is 1.74 bits per heavy atom. The minimum atomic E-state index is -0.273. The number of aromatic amines is 1. The van der Waals surface area contributed by atoms with Crippen molar-refractivity contribution < 1.29 is 9.53 Å². The Kier molecular flexibility index (Phi) is 5.65. The average Bonchev–Trinajstić information content (AvgIpc) is 3.12. The topological polar surface area (TPSA) is 67.9 Å². The SMILES string of the molecule is COc1ccc(-c2nc(S[C@H](C)C(=O)c3cc(C)c(C)cc3C)n[nH]2)cc1. The van der Waals surface area contributed by atoms with Gasteiger partial charge in [0.1, 0.15) is 5.75 Å². The predicted molar refractivity (Wildman–Crippen MR) is 109 cm³/mol. The molecule has 0 fully saturated rings. The fraction of sp³-hybridized carbons (Fsp3) is 0.286. The smallest absolute Gasteiger partial charge is 0.209 e. The first-order chi connectivity index (χ1) is 12.9. The summed E-state index contributed by atoms with van der Waals surface area (Å²) >= 11 is 1.36. The molecule has 3 aromatic rings. The molecule has 27 heavy (non-hydrogen) atoms. The largest absolute Gasteiger partial charge is 0.497 e. The number of thioether (sulfide) groups is 1. The highest BCUT2D eigenvalue weighted by atomic mass is 32.2. The number of Topliss-reactive ketones (excluding diaryl/α,β-unsaturated/α-hetero) is 1. The van der Waals surface area contributed by atoms with Crippen LogP contribution < -0.4 is 4.74 Å². The Balaban J connectivity index is 1.74. The molecule has 6 heteroatoms. The van der Waals surface area contributed by atoms with E-state index in [1.54, 1.807) is 7.11 Å². The Morgan fingerprint density at radius 3 is 2.41 bits per heavy atom. The van der Waals surface area contributed by atoms with Gasteiger partial charge in [0, 0.05) is 11.1 Å². The standard InChI is InChI=1S/C21H23N3O2S/c1-12-10-14(3)18(11-13(12)2)19(25)15(4)27-21-22-20(23-24-21)16-6-8-17(26-5)9-7-16/h6-11,15H,1-5H3,(H,22,23,24)/t15-/m1/s1. The maximum atomic E-state index is 12.9. The van der Waals surface area contributed by atoms with Crippen molar-refractivity contribution in [3.63, 3.8) is 0 Å². The lowest BCUT2D eigenvalue weighted by Gasteiger charge is -2.12. The van der Waals surface area contributed by atoms with E-state index in [1.807, 2.05) is 51.1 Å². The predicted octanol–water partition coefficient (Wildman–Crippen LogP) is 4.77. The number of ketones is 1. The third kappa shape index (κ3) is 4.22. The van der Waals surface area contributed by atoms with E-state index < -0.39 is 0 Å². The Hall–Kier alpha value is -2.60. The molecule has 0 aliphatic carbocycles. The van der Waals surface area contributed by atoms with Crippen LogP contribution in [0.25, 0.3) is 11.4 Å². The lowest BCUT2D eigenvalue weighted by Crippen LogP contribution is -2.15. The van der Waals surface area contributed by atoms with Crippen LogP contribution in [0.2, 0.25) is 0 Å². The van der Waals surface area contributed by atoms with Gasteiger partial charge < -0.3 is 4.74 Å². The van der Waals surface area contributed by atoms with E-state index in [0.29, 0.717) is 11.0 Å². The second-order valence-electron chi connectivity index (χ2n) is 6.57. The number of hydrogen-bond acceptors (Lipinski definition) is 5. The van der Waals surface area contributed by atoms with Gasteiger partial charge in [-0.3, -0.25) is 9.89 Å². The number of hydrogen-bond donors (Lipinski definition) is 1. The monoisotopic (exact) mass is 381 g/mol. The normalized spacial score (nSPS) is 12.0. The summed E-state index contributed by atoms with van der Waals surface area (Å²) in [6.07, 6.45) is 0. The number of rotatable bonds is 6. The van der Waals surface area contributed by atoms with Crippen LogP contribution in [0.4, 0.5) is 0 Å². The quantitative estimate of drug-likeness (QED) is 0.492. The van der Waals surface area contributed by atoms with Gasteiger partial charge >= 0.3 is 0 Å². The van der Waals surface area contributed by atoms with Crippen LogP contribution in [0, 0.1) is 20.8 Å². The van der Waals surface area contributed by atoms with E-state index in [1.165, 1.54) is 17.3 Å². The number of methoxy groups -OCH3 is 1. The van der Waals surface area contributed by atoms with Crippen LogP contribution in [0.5, 0.6) is 5.75 Å². The third-order valence-corrected chi connectivity index (χ3v) is 5.55. The van der Waals surface area contributed by atoms with Crippen molar-refractivity contribution in [3.05, 3.63) is 58.7 Å². The fourth-order valence-electron chi connectivity index (χ4n) is 2.83. The minimum Gasteiger partial charge on any atom is -0.497 e. The van der Waals surface area contributed by atoms with Crippen molar-refractivity contribution in [3.8, 4) is 17.1 Å². The van der Waals surface area contributed by atoms with Crippen molar-refractivity contribution in [2.75, 3.05) is 7.11 Å². The van der Waals surface area contributed by atoms with Crippen molar-refractivity contribution >= 4 is 17.5 Å². The number of carbonyl (C=O) groups excluding carboxylic acids is 1. The lowest BCUT2D eigenvalue weighted by atomic mass is 9.97. The van der Waals surface area contributed by atoms with Gasteiger partial charge in [-0.25, -0.2) is 4.98 Å². The van der Waals surface area contributed by atoms with Crippen molar-refractivity contribution in [1.29, 1.82) is 0 Å². The Bertz CT molecular complexity index is 964. The van der Waals surface area contributed by atoms with E-state index in [-0.39, 0.29) is 11.0 Å². The summed E-state index contributed by atoms with van der Waals surface area (Å²) in [6.45, 7) is 7.96. The van der Waals surface area contributed by atoms with Crippen LogP contribution >= 0.6 is 11.8 Å². The van der Waals surface area contributed by atoms with Crippen molar-refractivity contribution in [2.45, 2.75) is 38.1 Å². The van der Waals surface area contributed by atoms with Crippen LogP contribution in [0.15, 0.2) is 41.6 Å². The number of nitrogens with one attached hydrogen (secondary N) is 1. The molecule has 1 N–H and O–H groups in total. The van der Waals surface area contributed by atoms with E-state index in [2.05, 4.69) is 28.2 Å². The van der Waals surface area contributed by atoms with Crippen molar-refractivity contribution in [2.24, 2.45) is 0 Å². The fourth-order valence-corrected chi connectivity index (χ4v) is 3.63. The van der Waals surface area contributed by atoms with Gasteiger partial charge in [-0.1, -0.05) is 17.8 Å². The molecule has 0 saturated heterocycles. The number of H-pyrrole nitrogens is 1. The molecule has 0 unspecified atom stereocenters. The molecule has 0 aliphatic heterocycles. The first-order valence-electron chi connectivity index (χ1n) is 8.74. The Morgan fingerprint density at radius 1 is 1.07 bits per heavy atom. The molecule has 0 bridgehead atoms. The van der Waals surface area contributed by atoms with Gasteiger partial charge in [0.2, 0.25) is 5.16 Å². The first kappa shape index (κ1) is 19.2. The van der Waals surface area contributed by atoms with Gasteiger partial charge in [0.25, 0.3) is 0 Å². The summed E-state index contributed by atoms with van der Waals surface area (Å²) in [5.74, 6) is 1.55. The number of ether oxygens (including phenoxy) is 1. The number of nitrogens with zero attached hydrogens (tertiary/aromatic N) is 2. The zero-order valence-corrected chi connectivity index (χ0v) is 17.0. The maximum Gasteiger partial charge on any atom is 0.209 e. The maximum absolute atomic E-state index is 12.9.